The van der Waals surface area contributed by atoms with Crippen LogP contribution >= 0.6 is 11.6 Å². The van der Waals surface area contributed by atoms with Gasteiger partial charge in [0.15, 0.2) is 0 Å². The molecule has 2 aromatic rings. The molecule has 0 fully saturated rings. The Morgan fingerprint density at radius 3 is 2.28 bits per heavy atom. The van der Waals surface area contributed by atoms with Gasteiger partial charge in [0.2, 0.25) is 0 Å². The second-order valence-corrected chi connectivity index (χ2v) is 9.78. The Kier molecular flexibility index (Phi) is 6.08. The van der Waals surface area contributed by atoms with E-state index in [4.69, 9.17) is 11.6 Å². The van der Waals surface area contributed by atoms with Crippen LogP contribution in [0.25, 0.3) is 0 Å². The summed E-state index contributed by atoms with van der Waals surface area (Å²) in [7, 11) is 0. The highest BCUT2D eigenvalue weighted by Crippen LogP contribution is 2.58. The second kappa shape index (κ2) is 7.96. The molecule has 3 rings (SSSR count). The van der Waals surface area contributed by atoms with E-state index in [2.05, 4.69) is 0 Å². The van der Waals surface area contributed by atoms with Crippen molar-refractivity contribution < 1.29 is 18.3 Å². The summed E-state index contributed by atoms with van der Waals surface area (Å²) in [4.78, 5) is 0. The van der Waals surface area contributed by atoms with Crippen molar-refractivity contribution in [2.45, 2.75) is 64.1 Å². The minimum Gasteiger partial charge on any atom is -0.392 e. The molecule has 29 heavy (non-hydrogen) atoms. The van der Waals surface area contributed by atoms with E-state index in [-0.39, 0.29) is 35.3 Å². The Labute approximate surface area is 175 Å². The van der Waals surface area contributed by atoms with Gasteiger partial charge < -0.3 is 5.11 Å². The molecule has 1 nitrogen and oxygen atoms in total. The number of hydrogen-bond donors (Lipinski definition) is 1. The fourth-order valence-electron chi connectivity index (χ4n) is 4.67. The zero-order chi connectivity index (χ0) is 21.4. The molecule has 2 aromatic carbocycles. The number of halogens is 4. The van der Waals surface area contributed by atoms with Crippen LogP contribution in [0.1, 0.15) is 50.3 Å². The molecule has 0 heterocycles. The highest BCUT2D eigenvalue weighted by molar-refractivity contribution is 6.31. The lowest BCUT2D eigenvalue weighted by molar-refractivity contribution is -0.224. The first-order chi connectivity index (χ1) is 13.5. The number of hydrogen-bond acceptors (Lipinski definition) is 1. The van der Waals surface area contributed by atoms with Crippen molar-refractivity contribution in [2.24, 2.45) is 11.3 Å². The molecular weight excluding hydrogens is 397 g/mol. The molecule has 3 unspecified atom stereocenters. The molecule has 0 amide bonds. The monoisotopic (exact) mass is 424 g/mol. The summed E-state index contributed by atoms with van der Waals surface area (Å²) in [5.74, 6) is -1.00. The molecular formula is C24H28ClF3O. The summed E-state index contributed by atoms with van der Waals surface area (Å²) in [6.45, 7) is 5.82. The quantitative estimate of drug-likeness (QED) is 0.576. The largest absolute Gasteiger partial charge is 0.398 e. The number of fused-ring (bicyclic) bond motifs is 1. The molecule has 0 aromatic heterocycles. The van der Waals surface area contributed by atoms with Gasteiger partial charge in [-0.3, -0.25) is 0 Å². The van der Waals surface area contributed by atoms with Gasteiger partial charge >= 0.3 is 6.18 Å². The minimum absolute atomic E-state index is 0.106. The standard InChI is InChI=1S/C24H28ClF3O/c1-22(2,3)12-13-23(24(26,27)28)18(14-16-8-5-4-6-9-16)20(29)15-17-10-7-11-19(25)21(17)23/h4-11,18,20,29H,12-15H2,1-3H3. The molecule has 0 radical (unpaired) electrons. The lowest BCUT2D eigenvalue weighted by Gasteiger charge is -2.50. The average Bonchev–Trinajstić information content (AvgIpc) is 2.61. The van der Waals surface area contributed by atoms with Gasteiger partial charge in [0.05, 0.1) is 11.5 Å². The Morgan fingerprint density at radius 2 is 1.69 bits per heavy atom. The summed E-state index contributed by atoms with van der Waals surface area (Å²) >= 11 is 6.42. The lowest BCUT2D eigenvalue weighted by Crippen LogP contribution is -2.57. The SMILES string of the molecule is CC(C)(C)CCC1(C(F)(F)F)c2c(Cl)cccc2CC(O)C1Cc1ccccc1. The highest BCUT2D eigenvalue weighted by atomic mass is 35.5. The van der Waals surface area contributed by atoms with Crippen molar-refractivity contribution in [1.82, 2.24) is 0 Å². The number of alkyl halides is 3. The Morgan fingerprint density at radius 1 is 1.03 bits per heavy atom. The maximum Gasteiger partial charge on any atom is 0.398 e. The third kappa shape index (κ3) is 4.34. The Balaban J connectivity index is 2.22. The molecule has 0 aliphatic heterocycles. The van der Waals surface area contributed by atoms with Gasteiger partial charge in [-0.15, -0.1) is 0 Å². The molecule has 1 N–H and O–H groups in total. The number of aliphatic hydroxyl groups excluding tert-OH is 1. The van der Waals surface area contributed by atoms with Crippen LogP contribution in [0, 0.1) is 11.3 Å². The van der Waals surface area contributed by atoms with Gasteiger partial charge in [0, 0.05) is 10.9 Å². The highest BCUT2D eigenvalue weighted by Gasteiger charge is 2.64. The maximum absolute atomic E-state index is 15.0. The zero-order valence-electron chi connectivity index (χ0n) is 17.1. The summed E-state index contributed by atoms with van der Waals surface area (Å²) in [5, 5.41) is 11.1. The summed E-state index contributed by atoms with van der Waals surface area (Å²) in [5.41, 5.74) is -1.03. The lowest BCUT2D eigenvalue weighted by atomic mass is 9.57. The van der Waals surface area contributed by atoms with Gasteiger partial charge in [-0.25, -0.2) is 0 Å². The van der Waals surface area contributed by atoms with Gasteiger partial charge in [0.25, 0.3) is 0 Å². The van der Waals surface area contributed by atoms with Crippen LogP contribution < -0.4 is 0 Å². The maximum atomic E-state index is 15.0. The van der Waals surface area contributed by atoms with E-state index in [0.717, 1.165) is 5.56 Å². The molecule has 158 valence electrons. The fourth-order valence-corrected chi connectivity index (χ4v) is 5.04. The van der Waals surface area contributed by atoms with Crippen molar-refractivity contribution >= 4 is 11.6 Å². The van der Waals surface area contributed by atoms with Crippen molar-refractivity contribution in [2.75, 3.05) is 0 Å². The predicted octanol–water partition coefficient (Wildman–Crippen LogP) is 6.74. The Bertz CT molecular complexity index is 841. The zero-order valence-corrected chi connectivity index (χ0v) is 17.8. The molecule has 0 saturated heterocycles. The normalized spacial score (nSPS) is 25.0. The van der Waals surface area contributed by atoms with E-state index in [0.29, 0.717) is 12.0 Å². The van der Waals surface area contributed by atoms with Crippen molar-refractivity contribution in [3.63, 3.8) is 0 Å². The van der Waals surface area contributed by atoms with Gasteiger partial charge in [-0.1, -0.05) is 74.8 Å². The van der Waals surface area contributed by atoms with Gasteiger partial charge in [-0.2, -0.15) is 13.2 Å². The predicted molar refractivity (Wildman–Crippen MR) is 111 cm³/mol. The van der Waals surface area contributed by atoms with Crippen LogP contribution in [0.3, 0.4) is 0 Å². The third-order valence-corrected chi connectivity index (χ3v) is 6.46. The van der Waals surface area contributed by atoms with Crippen LogP contribution in [-0.2, 0) is 18.3 Å². The number of rotatable bonds is 4. The van der Waals surface area contributed by atoms with Gasteiger partial charge in [0.1, 0.15) is 0 Å². The first kappa shape index (κ1) is 22.2. The molecule has 3 atom stereocenters. The molecule has 0 saturated carbocycles. The summed E-state index contributed by atoms with van der Waals surface area (Å²) in [6, 6.07) is 14.0. The van der Waals surface area contributed by atoms with Crippen molar-refractivity contribution in [3.8, 4) is 0 Å². The topological polar surface area (TPSA) is 20.2 Å². The van der Waals surface area contributed by atoms with Crippen LogP contribution in [0.5, 0.6) is 0 Å². The molecule has 1 aliphatic rings. The average molecular weight is 425 g/mol. The first-order valence-electron chi connectivity index (χ1n) is 10.0. The van der Waals surface area contributed by atoms with E-state index in [1.165, 1.54) is 6.07 Å². The Hall–Kier alpha value is -1.52. The van der Waals surface area contributed by atoms with E-state index < -0.39 is 23.6 Å². The summed E-state index contributed by atoms with van der Waals surface area (Å²) in [6.07, 6.45) is -5.04. The molecule has 0 spiro atoms. The number of aliphatic hydroxyl groups is 1. The minimum atomic E-state index is -4.54. The summed E-state index contributed by atoms with van der Waals surface area (Å²) < 4.78 is 45.0. The molecule has 0 bridgehead atoms. The fraction of sp³-hybridized carbons (Fsp3) is 0.500. The first-order valence-corrected chi connectivity index (χ1v) is 10.4. The van der Waals surface area contributed by atoms with E-state index in [1.54, 1.807) is 12.1 Å². The van der Waals surface area contributed by atoms with Crippen LogP contribution in [0.2, 0.25) is 5.02 Å². The van der Waals surface area contributed by atoms with E-state index in [1.807, 2.05) is 51.1 Å². The van der Waals surface area contributed by atoms with E-state index >= 15 is 0 Å². The van der Waals surface area contributed by atoms with Crippen LogP contribution in [0.15, 0.2) is 48.5 Å². The second-order valence-electron chi connectivity index (χ2n) is 9.37. The number of benzene rings is 2. The van der Waals surface area contributed by atoms with E-state index in [9.17, 15) is 18.3 Å². The van der Waals surface area contributed by atoms with Gasteiger partial charge in [-0.05, 0) is 53.9 Å². The smallest absolute Gasteiger partial charge is 0.392 e. The molecule has 1 aliphatic carbocycles. The van der Waals surface area contributed by atoms with Crippen molar-refractivity contribution in [1.29, 1.82) is 0 Å². The van der Waals surface area contributed by atoms with Crippen LogP contribution in [0.4, 0.5) is 13.2 Å². The third-order valence-electron chi connectivity index (χ3n) is 6.15. The van der Waals surface area contributed by atoms with Crippen molar-refractivity contribution in [3.05, 3.63) is 70.2 Å². The van der Waals surface area contributed by atoms with Crippen LogP contribution in [-0.4, -0.2) is 17.4 Å². The molecule has 5 heteroatoms.